The van der Waals surface area contributed by atoms with Gasteiger partial charge in [0.2, 0.25) is 0 Å². The summed E-state index contributed by atoms with van der Waals surface area (Å²) in [4.78, 5) is 42.7. The minimum absolute atomic E-state index is 0.0436. The van der Waals surface area contributed by atoms with Gasteiger partial charge in [-0.05, 0) is 37.5 Å². The monoisotopic (exact) mass is 491 g/mol. The van der Waals surface area contributed by atoms with Crippen molar-refractivity contribution in [3.05, 3.63) is 56.9 Å². The summed E-state index contributed by atoms with van der Waals surface area (Å²) in [6.45, 7) is 3.46. The van der Waals surface area contributed by atoms with Gasteiger partial charge in [0.25, 0.3) is 11.8 Å². The van der Waals surface area contributed by atoms with E-state index in [9.17, 15) is 24.6 Å². The van der Waals surface area contributed by atoms with E-state index in [0.717, 1.165) is 25.3 Å². The van der Waals surface area contributed by atoms with Gasteiger partial charge in [0.05, 0.1) is 23.4 Å². The number of phenolic OH excluding ortho intramolecular Hbond substituents is 1. The normalized spacial score (nSPS) is 22.1. The summed E-state index contributed by atoms with van der Waals surface area (Å²) in [7, 11) is 0. The van der Waals surface area contributed by atoms with Crippen molar-refractivity contribution in [1.29, 1.82) is 0 Å². The van der Waals surface area contributed by atoms with Crippen LogP contribution < -0.4 is 10.9 Å². The molecule has 3 aliphatic rings. The summed E-state index contributed by atoms with van der Waals surface area (Å²) >= 11 is 0. The summed E-state index contributed by atoms with van der Waals surface area (Å²) in [6, 6.07) is 7.52. The van der Waals surface area contributed by atoms with E-state index in [2.05, 4.69) is 5.32 Å². The molecular formula is C26H25N3O7. The van der Waals surface area contributed by atoms with Crippen molar-refractivity contribution < 1.29 is 29.3 Å². The quantitative estimate of drug-likeness (QED) is 0.358. The first-order chi connectivity index (χ1) is 17.2. The summed E-state index contributed by atoms with van der Waals surface area (Å²) < 4.78 is 11.8. The van der Waals surface area contributed by atoms with Crippen LogP contribution in [0.4, 0.5) is 0 Å². The van der Waals surface area contributed by atoms with Crippen LogP contribution in [-0.4, -0.2) is 37.7 Å². The predicted molar refractivity (Wildman–Crippen MR) is 127 cm³/mol. The van der Waals surface area contributed by atoms with Crippen LogP contribution in [0.3, 0.4) is 0 Å². The first kappa shape index (κ1) is 22.7. The molecule has 0 bridgehead atoms. The molecule has 3 aromatic rings. The van der Waals surface area contributed by atoms with Gasteiger partial charge in [-0.1, -0.05) is 13.0 Å². The van der Waals surface area contributed by atoms with Crippen molar-refractivity contribution in [2.75, 3.05) is 0 Å². The second-order valence-electron chi connectivity index (χ2n) is 9.60. The molecule has 2 atom stereocenters. The lowest BCUT2D eigenvalue weighted by Crippen LogP contribution is -2.46. The number of aromatic nitrogens is 2. The van der Waals surface area contributed by atoms with Gasteiger partial charge in [0, 0.05) is 41.6 Å². The highest BCUT2D eigenvalue weighted by Gasteiger charge is 2.50. The number of phenols is 1. The fourth-order valence-corrected chi connectivity index (χ4v) is 5.03. The third-order valence-electron chi connectivity index (χ3n) is 7.22. The van der Waals surface area contributed by atoms with Crippen LogP contribution in [0.15, 0.2) is 29.1 Å². The number of carbonyl (C=O) groups excluding carboxylic acids is 2. The van der Waals surface area contributed by atoms with Gasteiger partial charge in [0.1, 0.15) is 11.3 Å². The fourth-order valence-electron chi connectivity index (χ4n) is 5.03. The summed E-state index contributed by atoms with van der Waals surface area (Å²) in [5.74, 6) is -1.58. The average Bonchev–Trinajstić information content (AvgIpc) is 3.60. The molecule has 1 aromatic carbocycles. The molecule has 10 heteroatoms. The number of aliphatic hydroxyl groups is 1. The van der Waals surface area contributed by atoms with Crippen LogP contribution in [0.5, 0.6) is 5.75 Å². The number of benzene rings is 1. The topological polar surface area (TPSA) is 140 Å². The molecule has 36 heavy (non-hydrogen) atoms. The third-order valence-corrected chi connectivity index (χ3v) is 7.22. The van der Waals surface area contributed by atoms with E-state index in [-0.39, 0.29) is 29.8 Å². The summed E-state index contributed by atoms with van der Waals surface area (Å²) in [5.41, 5.74) is 0.325. The molecular weight excluding hydrogens is 466 g/mol. The Morgan fingerprint density at radius 3 is 2.78 bits per heavy atom. The zero-order valence-electron chi connectivity index (χ0n) is 19.8. The van der Waals surface area contributed by atoms with Crippen molar-refractivity contribution in [3.8, 4) is 17.1 Å². The number of aromatic hydroxyl groups is 1. The number of nitrogens with one attached hydrogen (secondary N) is 1. The molecule has 2 aromatic heterocycles. The third kappa shape index (κ3) is 3.32. The van der Waals surface area contributed by atoms with E-state index in [1.807, 2.05) is 18.2 Å². The summed E-state index contributed by atoms with van der Waals surface area (Å²) in [6.07, 6.45) is 0.687. The smallest absolute Gasteiger partial charge is 0.346 e. The molecule has 186 valence electrons. The first-order valence-electron chi connectivity index (χ1n) is 12.0. The standard InChI is InChI=1S/C26H25N3O7/c1-3-26(34)17-9-19-21-14(11-29(19)23(32)20(17)24(35-12(2)30)36-25(26)33)8-16-18(28-21)7-4-13(22(16)31)10-27-15-5-6-15/h4,7-9,15,24,27,31,34H,3,5-6,10-11H2,1-2H3/t24?,26-/m0/s1. The second-order valence-corrected chi connectivity index (χ2v) is 9.60. The highest BCUT2D eigenvalue weighted by atomic mass is 16.7. The van der Waals surface area contributed by atoms with Crippen molar-refractivity contribution >= 4 is 22.8 Å². The van der Waals surface area contributed by atoms with E-state index >= 15 is 0 Å². The van der Waals surface area contributed by atoms with Gasteiger partial charge in [-0.2, -0.15) is 0 Å². The largest absolute Gasteiger partial charge is 0.507 e. The Bertz CT molecular complexity index is 1520. The number of nitrogens with zero attached hydrogens (tertiary/aromatic N) is 2. The number of ether oxygens (including phenoxy) is 2. The average molecular weight is 492 g/mol. The van der Waals surface area contributed by atoms with E-state index in [0.29, 0.717) is 40.4 Å². The maximum absolute atomic E-state index is 13.6. The van der Waals surface area contributed by atoms with Crippen molar-refractivity contribution in [1.82, 2.24) is 14.9 Å². The van der Waals surface area contributed by atoms with Crippen molar-refractivity contribution in [3.63, 3.8) is 0 Å². The van der Waals surface area contributed by atoms with E-state index < -0.39 is 29.4 Å². The molecule has 1 fully saturated rings. The van der Waals surface area contributed by atoms with Crippen LogP contribution >= 0.6 is 0 Å². The Morgan fingerprint density at radius 1 is 1.31 bits per heavy atom. The van der Waals surface area contributed by atoms with Gasteiger partial charge >= 0.3 is 11.9 Å². The first-order valence-corrected chi connectivity index (χ1v) is 12.0. The Balaban J connectivity index is 1.50. The molecule has 0 amide bonds. The van der Waals surface area contributed by atoms with E-state index in [4.69, 9.17) is 14.5 Å². The van der Waals surface area contributed by atoms with E-state index in [1.165, 1.54) is 4.57 Å². The van der Waals surface area contributed by atoms with E-state index in [1.54, 1.807) is 13.0 Å². The Kier molecular flexibility index (Phi) is 4.96. The minimum Gasteiger partial charge on any atom is -0.507 e. The molecule has 2 aliphatic heterocycles. The van der Waals surface area contributed by atoms with Crippen LogP contribution in [0.2, 0.25) is 0 Å². The van der Waals surface area contributed by atoms with Crippen LogP contribution in [0.1, 0.15) is 61.7 Å². The fraction of sp³-hybridized carbons (Fsp3) is 0.385. The van der Waals surface area contributed by atoms with Gasteiger partial charge in [-0.25, -0.2) is 9.78 Å². The van der Waals surface area contributed by atoms with Crippen molar-refractivity contribution in [2.24, 2.45) is 0 Å². The van der Waals surface area contributed by atoms with Gasteiger partial charge in [-0.15, -0.1) is 0 Å². The lowest BCUT2D eigenvalue weighted by atomic mass is 9.85. The highest BCUT2D eigenvalue weighted by molar-refractivity contribution is 5.90. The number of cyclic esters (lactones) is 1. The zero-order valence-corrected chi connectivity index (χ0v) is 19.8. The highest BCUT2D eigenvalue weighted by Crippen LogP contribution is 2.43. The lowest BCUT2D eigenvalue weighted by Gasteiger charge is -2.35. The number of hydrogen-bond donors (Lipinski definition) is 3. The number of rotatable bonds is 5. The molecule has 4 heterocycles. The molecule has 1 unspecified atom stereocenters. The molecule has 0 spiro atoms. The molecule has 6 rings (SSSR count). The number of pyridine rings is 2. The molecule has 10 nitrogen and oxygen atoms in total. The zero-order chi connectivity index (χ0) is 25.4. The van der Waals surface area contributed by atoms with Gasteiger partial charge < -0.3 is 29.6 Å². The Morgan fingerprint density at radius 2 is 2.08 bits per heavy atom. The Hall–Kier alpha value is -3.76. The molecule has 0 radical (unpaired) electrons. The second kappa shape index (κ2) is 7.87. The summed E-state index contributed by atoms with van der Waals surface area (Å²) in [5, 5.41) is 26.1. The SMILES string of the molecule is CC[C@@]1(O)C(=O)OC(OC(C)=O)c2c1cc1n(c2=O)Cc2cc3c(O)c(CNC4CC4)ccc3nc2-1. The Labute approximate surface area is 205 Å². The van der Waals surface area contributed by atoms with Crippen LogP contribution in [-0.2, 0) is 37.8 Å². The molecule has 0 saturated heterocycles. The molecule has 3 N–H and O–H groups in total. The maximum Gasteiger partial charge on any atom is 0.346 e. The van der Waals surface area contributed by atoms with Gasteiger partial charge in [0.15, 0.2) is 5.60 Å². The number of esters is 2. The number of carbonyl (C=O) groups is 2. The molecule has 1 aliphatic carbocycles. The molecule has 1 saturated carbocycles. The van der Waals surface area contributed by atoms with Crippen LogP contribution in [0, 0.1) is 0 Å². The van der Waals surface area contributed by atoms with Crippen molar-refractivity contribution in [2.45, 2.75) is 64.1 Å². The van der Waals surface area contributed by atoms with Crippen LogP contribution in [0.25, 0.3) is 22.3 Å². The van der Waals surface area contributed by atoms with Gasteiger partial charge in [-0.3, -0.25) is 9.59 Å². The predicted octanol–water partition coefficient (Wildman–Crippen LogP) is 2.10. The minimum atomic E-state index is -2.07. The number of hydrogen-bond acceptors (Lipinski definition) is 9. The number of fused-ring (bicyclic) bond motifs is 5. The lowest BCUT2D eigenvalue weighted by molar-refractivity contribution is -0.210. The maximum atomic E-state index is 13.6.